The monoisotopic (exact) mass is 371 g/mol. The van der Waals surface area contributed by atoms with Crippen LogP contribution in [0.2, 0.25) is 0 Å². The minimum absolute atomic E-state index is 0.122. The van der Waals surface area contributed by atoms with E-state index in [-0.39, 0.29) is 17.5 Å². The maximum Gasteiger partial charge on any atom is 0.191 e. The van der Waals surface area contributed by atoms with Crippen molar-refractivity contribution in [2.24, 2.45) is 4.99 Å². The lowest BCUT2D eigenvalue weighted by Gasteiger charge is -2.18. The van der Waals surface area contributed by atoms with Crippen molar-refractivity contribution in [3.05, 3.63) is 17.7 Å². The van der Waals surface area contributed by atoms with E-state index in [1.54, 1.807) is 34.4 Å². The van der Waals surface area contributed by atoms with Crippen LogP contribution in [0, 0.1) is 0 Å². The molecule has 8 nitrogen and oxygen atoms in total. The number of benzene rings is 1. The van der Waals surface area contributed by atoms with E-state index in [1.807, 2.05) is 6.07 Å². The lowest BCUT2D eigenvalue weighted by molar-refractivity contribution is 0.347. The normalized spacial score (nSPS) is 19.4. The van der Waals surface area contributed by atoms with Gasteiger partial charge in [0.25, 0.3) is 0 Å². The maximum atomic E-state index is 11.6. The van der Waals surface area contributed by atoms with Crippen molar-refractivity contribution in [3.8, 4) is 17.2 Å². The average molecular weight is 371 g/mol. The van der Waals surface area contributed by atoms with Gasteiger partial charge in [0.1, 0.15) is 5.75 Å². The Bertz CT molecular complexity index is 734. The molecule has 0 radical (unpaired) electrons. The first kappa shape index (κ1) is 19.2. The van der Waals surface area contributed by atoms with Gasteiger partial charge in [0.15, 0.2) is 27.3 Å². The van der Waals surface area contributed by atoms with Crippen LogP contribution in [0.5, 0.6) is 17.2 Å². The third-order valence-electron chi connectivity index (χ3n) is 4.03. The lowest BCUT2D eigenvalue weighted by Crippen LogP contribution is -2.43. The molecule has 2 N–H and O–H groups in total. The molecular formula is C16H25N3O5S. The van der Waals surface area contributed by atoms with Gasteiger partial charge >= 0.3 is 0 Å². The summed E-state index contributed by atoms with van der Waals surface area (Å²) < 4.78 is 39.1. The predicted octanol–water partition coefficient (Wildman–Crippen LogP) is 0.564. The van der Waals surface area contributed by atoms with Crippen LogP contribution in [0.25, 0.3) is 0 Å². The molecule has 1 aromatic rings. The second kappa shape index (κ2) is 8.28. The first-order valence-corrected chi connectivity index (χ1v) is 9.71. The van der Waals surface area contributed by atoms with E-state index in [9.17, 15) is 8.42 Å². The highest BCUT2D eigenvalue weighted by atomic mass is 32.2. The molecule has 25 heavy (non-hydrogen) atoms. The molecule has 0 spiro atoms. The highest BCUT2D eigenvalue weighted by Crippen LogP contribution is 2.34. The molecule has 1 unspecified atom stereocenters. The Morgan fingerprint density at radius 3 is 2.32 bits per heavy atom. The van der Waals surface area contributed by atoms with Crippen molar-refractivity contribution in [3.63, 3.8) is 0 Å². The first-order chi connectivity index (χ1) is 11.9. The number of hydrogen-bond acceptors (Lipinski definition) is 6. The first-order valence-electron chi connectivity index (χ1n) is 7.89. The summed E-state index contributed by atoms with van der Waals surface area (Å²) in [6, 6.07) is 3.47. The summed E-state index contributed by atoms with van der Waals surface area (Å²) in [6.07, 6.45) is 0.586. The fourth-order valence-electron chi connectivity index (χ4n) is 2.71. The summed E-state index contributed by atoms with van der Waals surface area (Å²) in [6.45, 7) is 0.433. The summed E-state index contributed by atoms with van der Waals surface area (Å²) in [4.78, 5) is 4.15. The maximum absolute atomic E-state index is 11.6. The molecule has 0 aromatic heterocycles. The smallest absolute Gasteiger partial charge is 0.191 e. The number of rotatable bonds is 6. The number of guanidine groups is 1. The molecule has 1 aliphatic heterocycles. The minimum atomic E-state index is -2.94. The highest BCUT2D eigenvalue weighted by molar-refractivity contribution is 7.91. The van der Waals surface area contributed by atoms with E-state index >= 15 is 0 Å². The Morgan fingerprint density at radius 2 is 1.80 bits per heavy atom. The van der Waals surface area contributed by atoms with E-state index in [2.05, 4.69) is 15.6 Å². The fourth-order valence-corrected chi connectivity index (χ4v) is 4.38. The van der Waals surface area contributed by atoms with E-state index in [0.717, 1.165) is 5.56 Å². The van der Waals surface area contributed by atoms with Gasteiger partial charge < -0.3 is 24.8 Å². The summed E-state index contributed by atoms with van der Waals surface area (Å²) in [5.41, 5.74) is 0.863. The van der Waals surface area contributed by atoms with Crippen molar-refractivity contribution in [2.75, 3.05) is 39.9 Å². The van der Waals surface area contributed by atoms with Crippen LogP contribution in [0.1, 0.15) is 12.0 Å². The number of ether oxygens (including phenoxy) is 3. The van der Waals surface area contributed by atoms with Gasteiger partial charge in [-0.05, 0) is 12.5 Å². The predicted molar refractivity (Wildman–Crippen MR) is 96.5 cm³/mol. The molecule has 0 saturated carbocycles. The molecule has 140 valence electrons. The summed E-state index contributed by atoms with van der Waals surface area (Å²) in [5, 5.41) is 6.31. The zero-order valence-corrected chi connectivity index (χ0v) is 15.8. The average Bonchev–Trinajstić information content (AvgIpc) is 2.96. The number of sulfone groups is 1. The Kier molecular flexibility index (Phi) is 6.35. The Hall–Kier alpha value is -2.16. The van der Waals surface area contributed by atoms with Gasteiger partial charge in [0.2, 0.25) is 0 Å². The van der Waals surface area contributed by atoms with E-state index in [1.165, 1.54) is 0 Å². The van der Waals surface area contributed by atoms with Gasteiger partial charge in [-0.2, -0.15) is 0 Å². The summed E-state index contributed by atoms with van der Waals surface area (Å²) >= 11 is 0. The largest absolute Gasteiger partial charge is 0.496 e. The SMILES string of the molecule is CN=C(NCc1cc(OC)c(OC)cc1OC)NC1CCS(=O)(=O)C1. The molecule has 2 rings (SSSR count). The van der Waals surface area contributed by atoms with Crippen LogP contribution in [0.3, 0.4) is 0 Å². The Morgan fingerprint density at radius 1 is 1.16 bits per heavy atom. The van der Waals surface area contributed by atoms with Gasteiger partial charge in [0.05, 0.1) is 32.8 Å². The Balaban J connectivity index is 2.06. The van der Waals surface area contributed by atoms with E-state index in [0.29, 0.717) is 36.2 Å². The second-order valence-corrected chi connectivity index (χ2v) is 7.92. The lowest BCUT2D eigenvalue weighted by atomic mass is 10.1. The number of hydrogen-bond donors (Lipinski definition) is 2. The van der Waals surface area contributed by atoms with Crippen molar-refractivity contribution >= 4 is 15.8 Å². The molecular weight excluding hydrogens is 346 g/mol. The molecule has 1 atom stereocenters. The molecule has 1 fully saturated rings. The number of methoxy groups -OCH3 is 3. The topological polar surface area (TPSA) is 98.2 Å². The number of aliphatic imine (C=N–C) groups is 1. The molecule has 1 saturated heterocycles. The second-order valence-electron chi connectivity index (χ2n) is 5.69. The molecule has 0 aliphatic carbocycles. The van der Waals surface area contributed by atoms with Gasteiger partial charge in [-0.15, -0.1) is 0 Å². The highest BCUT2D eigenvalue weighted by Gasteiger charge is 2.28. The van der Waals surface area contributed by atoms with Gasteiger partial charge in [-0.3, -0.25) is 4.99 Å². The molecule has 1 aliphatic rings. The van der Waals surface area contributed by atoms with Crippen LogP contribution < -0.4 is 24.8 Å². The number of nitrogens with zero attached hydrogens (tertiary/aromatic N) is 1. The van der Waals surface area contributed by atoms with Crippen molar-refractivity contribution < 1.29 is 22.6 Å². The summed E-state index contributed by atoms with van der Waals surface area (Å²) in [7, 11) is 3.43. The number of nitrogens with one attached hydrogen (secondary N) is 2. The molecule has 9 heteroatoms. The fraction of sp³-hybridized carbons (Fsp3) is 0.562. The van der Waals surface area contributed by atoms with E-state index in [4.69, 9.17) is 14.2 Å². The standard InChI is InChI=1S/C16H25N3O5S/c1-17-16(19-12-5-6-25(20,21)10-12)18-9-11-7-14(23-3)15(24-4)8-13(11)22-2/h7-8,12H,5-6,9-10H2,1-4H3,(H2,17,18,19). The molecule has 1 heterocycles. The molecule has 1 aromatic carbocycles. The van der Waals surface area contributed by atoms with Crippen LogP contribution >= 0.6 is 0 Å². The van der Waals surface area contributed by atoms with Crippen LogP contribution in [0.15, 0.2) is 17.1 Å². The molecule has 0 bridgehead atoms. The zero-order valence-electron chi connectivity index (χ0n) is 15.0. The van der Waals surface area contributed by atoms with Gasteiger partial charge in [0, 0.05) is 31.3 Å². The third-order valence-corrected chi connectivity index (χ3v) is 5.80. The van der Waals surface area contributed by atoms with Crippen LogP contribution in [-0.2, 0) is 16.4 Å². The zero-order chi connectivity index (χ0) is 18.4. The van der Waals surface area contributed by atoms with Crippen molar-refractivity contribution in [1.29, 1.82) is 0 Å². The minimum Gasteiger partial charge on any atom is -0.496 e. The summed E-state index contributed by atoms with van der Waals surface area (Å²) in [5.74, 6) is 2.73. The van der Waals surface area contributed by atoms with Gasteiger partial charge in [-0.1, -0.05) is 0 Å². The van der Waals surface area contributed by atoms with Gasteiger partial charge in [-0.25, -0.2) is 8.42 Å². The third kappa shape index (κ3) is 4.91. The van der Waals surface area contributed by atoms with E-state index < -0.39 is 9.84 Å². The quantitative estimate of drug-likeness (QED) is 0.557. The van der Waals surface area contributed by atoms with Crippen molar-refractivity contribution in [1.82, 2.24) is 10.6 Å². The van der Waals surface area contributed by atoms with Crippen LogP contribution in [0.4, 0.5) is 0 Å². The van der Waals surface area contributed by atoms with Crippen molar-refractivity contribution in [2.45, 2.75) is 19.0 Å². The Labute approximate surface area is 148 Å². The van der Waals surface area contributed by atoms with Crippen LogP contribution in [-0.4, -0.2) is 60.3 Å². The molecule has 0 amide bonds.